The standard InChI is InChI=1S/C10H14OS.C8H18OS2.C7H12O3.C7H16OS2.C7H16OS.2C6H12O3.2C6H14OS2.C6H12O.C5H11FO.C5H12OS2.C5H12O.C4H7F2N3O.C4H9N3O.C3H7NO3.C3H9NO/c1-9(2)11-8-12-10-6-4-3-5-7-10;1-7(2)9-6-10-11-8(3,4)5;1-4-5-9-7(8)10-6(2)3;1-6(2)8-5-9-10-7(3)4;1-5-9-7(4)8-6(2)3;2*1-4-8-6(7)9-5(2)3;1-5(2)7-6(3)9-8-4;1-4-8-9-5-7-6(2)3;1-4-5-7-6(2)3;1-4(2)7-5(3)6;1-5(2)6-4-8-7-3;1-4-6-5(2)3;1-3(2)10-4(5,6)8-9-7;1-4(2)8-3-6-7-5;1-3(2)7-4(5)6;1-3(2)5-4/h3-7,9H,8H2,1-2H3;7H,6H2,1-5H3;4,6H,1,5H2,2-3H3;6-7H,5H2,1-4H3;6-7H,5H2,1-4H3;2*5H,4H2,1-3H3;5-6H,1-4H3;6H,4-5H2,1-3H3;4,6H,1,5H2,2-3H3;4-5H,1-3H3;5H,4H2,1-3H3;5H,4H2,1-3H3;3H,1-2H3;4H,3H2,1-2H3;3H,1-2H3;3H,4H2,1-2H3. The highest BCUT2D eigenvalue weighted by atomic mass is 33.1. The Labute approximate surface area is 934 Å². The molecule has 0 fully saturated rings. The number of alkyl halides is 3. The highest BCUT2D eigenvalue weighted by Gasteiger charge is 2.29. The van der Waals surface area contributed by atoms with Crippen LogP contribution < -0.4 is 5.90 Å². The molecule has 0 radical (unpaired) electrons. The first-order chi connectivity index (χ1) is 67.5. The van der Waals surface area contributed by atoms with Crippen LogP contribution in [0.25, 0.3) is 20.9 Å². The van der Waals surface area contributed by atoms with Crippen molar-refractivity contribution in [2.24, 2.45) is 16.1 Å². The average molecular weight is 2340 g/mol. The number of carbonyl (C=O) groups excluding carboxylic acids is 3. The third kappa shape index (κ3) is 256. The number of benzene rings is 1. The molecular formula is C98H207F3N8O25S12. The molecule has 1 rings (SSSR count). The van der Waals surface area contributed by atoms with E-state index in [-0.39, 0.29) is 56.1 Å². The monoisotopic (exact) mass is 2340 g/mol. The van der Waals surface area contributed by atoms with Crippen LogP contribution in [0.3, 0.4) is 0 Å². The Kier molecular flexibility index (Phi) is 171. The maximum Gasteiger partial charge on any atom is 0.508 e. The fourth-order valence-electron chi connectivity index (χ4n) is 5.89. The molecule has 146 heavy (non-hydrogen) atoms. The zero-order chi connectivity index (χ0) is 118. The predicted molar refractivity (Wildman–Crippen MR) is 634 cm³/mol. The van der Waals surface area contributed by atoms with Gasteiger partial charge in [0.15, 0.2) is 6.36 Å². The lowest BCUT2D eigenvalue weighted by Crippen LogP contribution is -2.21. The molecule has 1 aromatic carbocycles. The van der Waals surface area contributed by atoms with Crippen molar-refractivity contribution in [1.82, 2.24) is 0 Å². The van der Waals surface area contributed by atoms with Crippen molar-refractivity contribution >= 4 is 150 Å². The summed E-state index contributed by atoms with van der Waals surface area (Å²) < 4.78 is 125. The molecule has 0 bridgehead atoms. The number of thioether (sulfide) groups is 2. The number of carbonyl (C=O) groups is 3. The number of azide groups is 2. The van der Waals surface area contributed by atoms with Gasteiger partial charge in [0.25, 0.3) is 5.09 Å². The molecule has 0 saturated heterocycles. The van der Waals surface area contributed by atoms with Gasteiger partial charge in [-0.2, -0.15) is 8.78 Å². The zero-order valence-corrected chi connectivity index (χ0v) is 109. The molecule has 1 aromatic rings. The molecule has 2 N–H and O–H groups in total. The number of rotatable bonds is 53. The number of nitrogens with two attached hydrogens (primary N) is 1. The van der Waals surface area contributed by atoms with Crippen LogP contribution in [0.1, 0.15) is 325 Å². The fourth-order valence-corrected chi connectivity index (χ4v) is 15.2. The van der Waals surface area contributed by atoms with Gasteiger partial charge in [-0.15, -0.1) is 28.5 Å². The number of halogens is 3. The Morgan fingerprint density at radius 3 is 1.08 bits per heavy atom. The van der Waals surface area contributed by atoms with Crippen LogP contribution in [0.15, 0.2) is 70.8 Å². The van der Waals surface area contributed by atoms with E-state index >= 15 is 0 Å². The van der Waals surface area contributed by atoms with E-state index < -0.39 is 42.2 Å². The Morgan fingerprint density at radius 1 is 0.438 bits per heavy atom. The number of nitrogens with zero attached hydrogens (tertiary/aromatic N) is 7. The van der Waals surface area contributed by atoms with Gasteiger partial charge in [0.1, 0.15) is 54.1 Å². The maximum absolute atomic E-state index is 12.0. The van der Waals surface area contributed by atoms with Crippen molar-refractivity contribution in [3.8, 4) is 0 Å². The number of hydrogen-bond acceptors (Lipinski definition) is 40. The van der Waals surface area contributed by atoms with Crippen molar-refractivity contribution in [3.63, 3.8) is 0 Å². The molecule has 0 amide bonds. The molecule has 3 atom stereocenters. The maximum atomic E-state index is 12.0. The minimum Gasteiger partial charge on any atom is -0.435 e. The largest absolute Gasteiger partial charge is 0.508 e. The molecule has 33 nitrogen and oxygen atoms in total. The van der Waals surface area contributed by atoms with Gasteiger partial charge in [0.2, 0.25) is 0 Å². The topological polar surface area (TPSA) is 402 Å². The Bertz CT molecular complexity index is 2820. The SMILES string of the molecule is C=CCOC(=O)OC(C)C.C=CCOC(C)C.CC(C)OC(C)F.CC(C)OC(F)(F)N=[N+]=[N-].CC(C)OCN=[N+]=[N-].CC(C)OCSSC(C)(C)C.CC(C)OCSSC(C)C.CC(C)OCSc1ccccc1.CC(C)ON.CC(C)O[N+](=O)[O-].CCOC(=O)OC(C)C.CCOC(=O)OC(C)C.CCOC(C)C.CCSC(C)OC(C)C.CCSSCOC(C)C.CSSC(C)OC(C)C.CSSCOC(C)C. The molecule has 0 aromatic heterocycles. The summed E-state index contributed by atoms with van der Waals surface area (Å²) in [6.45, 7) is 100. The van der Waals surface area contributed by atoms with Crippen LogP contribution in [-0.4, -0.2) is 254 Å². The quantitative estimate of drug-likeness (QED) is 0.00505. The molecule has 882 valence electrons. The lowest BCUT2D eigenvalue weighted by atomic mass is 10.3. The Morgan fingerprint density at radius 2 is 0.815 bits per heavy atom. The second kappa shape index (κ2) is 139. The first kappa shape index (κ1) is 179. The van der Waals surface area contributed by atoms with E-state index in [2.05, 4.69) is 232 Å². The van der Waals surface area contributed by atoms with Crippen LogP contribution in [0.5, 0.6) is 0 Å². The summed E-state index contributed by atoms with van der Waals surface area (Å²) in [5.74, 6) is 10.9. The van der Waals surface area contributed by atoms with E-state index in [1.165, 1.54) is 31.7 Å². The van der Waals surface area contributed by atoms with Gasteiger partial charge in [0, 0.05) is 42.2 Å². The van der Waals surface area contributed by atoms with Gasteiger partial charge < -0.3 is 94.9 Å². The smallest absolute Gasteiger partial charge is 0.435 e. The second-order valence-electron chi connectivity index (χ2n) is 33.3. The summed E-state index contributed by atoms with van der Waals surface area (Å²) in [6, 6.07) is 10.3. The van der Waals surface area contributed by atoms with Gasteiger partial charge in [0.05, 0.1) is 123 Å². The van der Waals surface area contributed by atoms with Gasteiger partial charge in [-0.3, -0.25) is 0 Å². The summed E-state index contributed by atoms with van der Waals surface area (Å²) >= 11 is 3.56. The first-order valence-electron chi connectivity index (χ1n) is 48.5. The predicted octanol–water partition coefficient (Wildman–Crippen LogP) is 34.8. The Balaban J connectivity index is -0.0000000881. The summed E-state index contributed by atoms with van der Waals surface area (Å²) in [4.78, 5) is 54.6. The van der Waals surface area contributed by atoms with Crippen LogP contribution in [-0.2, 0) is 94.9 Å². The minimum atomic E-state index is -3.72. The fraction of sp³-hybridized carbons (Fsp3) is 0.867. The summed E-state index contributed by atoms with van der Waals surface area (Å²) in [6.07, 6.45) is 2.89. The highest BCUT2D eigenvalue weighted by molar-refractivity contribution is 8.78. The van der Waals surface area contributed by atoms with Gasteiger partial charge >= 0.3 is 24.7 Å². The summed E-state index contributed by atoms with van der Waals surface area (Å²) in [5.41, 5.74) is 16.0. The van der Waals surface area contributed by atoms with E-state index in [4.69, 9.17) is 58.4 Å². The zero-order valence-electron chi connectivity index (χ0n) is 98.7. The van der Waals surface area contributed by atoms with E-state index in [1.54, 1.807) is 176 Å². The molecule has 0 saturated carbocycles. The van der Waals surface area contributed by atoms with E-state index in [0.29, 0.717) is 95.6 Å². The second-order valence-corrected chi connectivity index (χ2v) is 49.8. The normalized spacial score (nSPS) is 11.0. The Hall–Kier alpha value is -2.24. The summed E-state index contributed by atoms with van der Waals surface area (Å²) in [5, 5.41) is 14.6. The van der Waals surface area contributed by atoms with Crippen LogP contribution in [0.2, 0.25) is 0 Å². The van der Waals surface area contributed by atoms with Crippen molar-refractivity contribution in [1.29, 1.82) is 0 Å². The lowest BCUT2D eigenvalue weighted by molar-refractivity contribution is -0.766. The number of ether oxygens (including phenoxy) is 18. The molecule has 0 aliphatic heterocycles. The first-order valence-corrected chi connectivity index (χ1v) is 63.1. The lowest BCUT2D eigenvalue weighted by Gasteiger charge is -2.16. The van der Waals surface area contributed by atoms with Gasteiger partial charge in [-0.25, -0.2) is 24.7 Å². The molecule has 0 aliphatic carbocycles. The average Bonchev–Trinajstić information content (AvgIpc) is 0.920. The van der Waals surface area contributed by atoms with Crippen molar-refractivity contribution < 1.29 is 128 Å². The van der Waals surface area contributed by atoms with Crippen molar-refractivity contribution in [2.45, 2.75) is 468 Å². The number of hydrogen-bond donors (Lipinski definition) is 1. The summed E-state index contributed by atoms with van der Waals surface area (Å²) in [7, 11) is 17.9. The molecule has 0 spiro atoms. The van der Waals surface area contributed by atoms with Gasteiger partial charge in [-0.05, 0) is 318 Å². The third-order valence-corrected chi connectivity index (χ3v) is 23.5. The molecule has 48 heteroatoms. The molecule has 0 aliphatic rings. The van der Waals surface area contributed by atoms with Gasteiger partial charge in [-0.1, -0.05) is 210 Å². The van der Waals surface area contributed by atoms with Crippen molar-refractivity contribution in [3.05, 3.63) is 86.6 Å². The minimum absolute atomic E-state index is 0.000000000000000222. The van der Waals surface area contributed by atoms with Crippen molar-refractivity contribution in [2.75, 3.05) is 93.5 Å². The van der Waals surface area contributed by atoms with Crippen LogP contribution in [0.4, 0.5) is 27.6 Å². The molecule has 0 heterocycles. The van der Waals surface area contributed by atoms with Crippen LogP contribution >= 0.6 is 131 Å². The molecular weight excluding hydrogens is 2130 g/mol. The third-order valence-electron chi connectivity index (χ3n) is 10.6. The molecule has 3 unspecified atom stereocenters. The van der Waals surface area contributed by atoms with E-state index in [1.807, 2.05) is 164 Å². The van der Waals surface area contributed by atoms with E-state index in [9.17, 15) is 37.7 Å². The van der Waals surface area contributed by atoms with E-state index in [0.717, 1.165) is 47.8 Å². The van der Waals surface area contributed by atoms with Crippen LogP contribution in [0, 0.1) is 10.1 Å². The highest BCUT2D eigenvalue weighted by Crippen LogP contribution is 2.35.